The van der Waals surface area contributed by atoms with Crippen molar-refractivity contribution in [2.45, 2.75) is 78.4 Å². The number of hydrogen-bond acceptors (Lipinski definition) is 5. The Morgan fingerprint density at radius 2 is 1.25 bits per heavy atom. The Hall–Kier alpha value is -0.200. The van der Waals surface area contributed by atoms with E-state index in [9.17, 15) is 0 Å². The molecule has 0 unspecified atom stereocenters. The van der Waals surface area contributed by atoms with Crippen LogP contribution >= 0.6 is 0 Å². The maximum absolute atomic E-state index is 6.43. The highest BCUT2D eigenvalue weighted by Gasteiger charge is 2.27. The summed E-state index contributed by atoms with van der Waals surface area (Å²) < 4.78 is 11.6. The summed E-state index contributed by atoms with van der Waals surface area (Å²) in [5.74, 6) is 0.917. The van der Waals surface area contributed by atoms with Crippen molar-refractivity contribution in [3.05, 3.63) is 0 Å². The summed E-state index contributed by atoms with van der Waals surface area (Å²) in [6.45, 7) is 18.5. The molecule has 3 aliphatic heterocycles. The standard InChI is InChI=1S/C19H37N3O2.2C2H6/c1-23-15-14-21-10-4-18(5-11-21)24-19-6-12-22(13-7-19)16-17-2-8-20-9-3-17;2*1-2/h17-20H,2-16H2,1H3;2*1-2H3. The van der Waals surface area contributed by atoms with Crippen LogP contribution in [0.4, 0.5) is 0 Å². The highest BCUT2D eigenvalue weighted by Crippen LogP contribution is 2.22. The van der Waals surface area contributed by atoms with Gasteiger partial charge < -0.3 is 24.6 Å². The quantitative estimate of drug-likeness (QED) is 0.707. The van der Waals surface area contributed by atoms with Crippen molar-refractivity contribution in [2.75, 3.05) is 66.1 Å². The Bertz CT molecular complexity index is 335. The fourth-order valence-electron chi connectivity index (χ4n) is 4.42. The Labute approximate surface area is 175 Å². The van der Waals surface area contributed by atoms with Crippen LogP contribution in [0.2, 0.25) is 0 Å². The minimum atomic E-state index is 0.491. The molecule has 168 valence electrons. The van der Waals surface area contributed by atoms with E-state index in [-0.39, 0.29) is 0 Å². The molecule has 0 atom stereocenters. The molecule has 28 heavy (non-hydrogen) atoms. The Balaban J connectivity index is 0.000000921. The average molecular weight is 400 g/mol. The smallest absolute Gasteiger partial charge is 0.0603 e. The third kappa shape index (κ3) is 10.0. The molecule has 0 aromatic heterocycles. The van der Waals surface area contributed by atoms with Crippen molar-refractivity contribution in [3.8, 4) is 0 Å². The average Bonchev–Trinajstić information content (AvgIpc) is 2.78. The molecule has 0 spiro atoms. The molecule has 0 aromatic carbocycles. The fourth-order valence-corrected chi connectivity index (χ4v) is 4.42. The molecule has 0 aromatic rings. The van der Waals surface area contributed by atoms with Crippen LogP contribution in [-0.2, 0) is 9.47 Å². The first-order chi connectivity index (χ1) is 13.8. The topological polar surface area (TPSA) is 37.0 Å². The number of nitrogens with zero attached hydrogens (tertiary/aromatic N) is 2. The van der Waals surface area contributed by atoms with E-state index < -0.39 is 0 Å². The van der Waals surface area contributed by atoms with E-state index in [2.05, 4.69) is 15.1 Å². The molecular formula is C23H49N3O2. The third-order valence-corrected chi connectivity index (χ3v) is 6.04. The van der Waals surface area contributed by atoms with Gasteiger partial charge in [0.2, 0.25) is 0 Å². The molecule has 3 rings (SSSR count). The van der Waals surface area contributed by atoms with Gasteiger partial charge in [-0.1, -0.05) is 27.7 Å². The van der Waals surface area contributed by atoms with Crippen LogP contribution in [0.15, 0.2) is 0 Å². The minimum Gasteiger partial charge on any atom is -0.383 e. The third-order valence-electron chi connectivity index (χ3n) is 6.04. The normalized spacial score (nSPS) is 23.5. The van der Waals surface area contributed by atoms with Crippen LogP contribution in [-0.4, -0.2) is 88.1 Å². The van der Waals surface area contributed by atoms with E-state index in [1.54, 1.807) is 7.11 Å². The molecule has 1 N–H and O–H groups in total. The lowest BCUT2D eigenvalue weighted by Gasteiger charge is -2.38. The minimum absolute atomic E-state index is 0.491. The van der Waals surface area contributed by atoms with E-state index in [1.165, 1.54) is 84.3 Å². The summed E-state index contributed by atoms with van der Waals surface area (Å²) in [4.78, 5) is 5.19. The first-order valence-electron chi connectivity index (χ1n) is 12.1. The van der Waals surface area contributed by atoms with E-state index in [4.69, 9.17) is 9.47 Å². The van der Waals surface area contributed by atoms with Gasteiger partial charge in [0.25, 0.3) is 0 Å². The van der Waals surface area contributed by atoms with Crippen molar-refractivity contribution in [3.63, 3.8) is 0 Å². The zero-order valence-corrected chi connectivity index (χ0v) is 19.5. The van der Waals surface area contributed by atoms with Crippen LogP contribution in [0.25, 0.3) is 0 Å². The Morgan fingerprint density at radius 1 is 0.750 bits per heavy atom. The molecule has 3 fully saturated rings. The number of hydrogen-bond donors (Lipinski definition) is 1. The first-order valence-corrected chi connectivity index (χ1v) is 12.1. The van der Waals surface area contributed by atoms with Crippen molar-refractivity contribution < 1.29 is 9.47 Å². The lowest BCUT2D eigenvalue weighted by atomic mass is 9.96. The predicted octanol–water partition coefficient (Wildman–Crippen LogP) is 3.63. The number of likely N-dealkylation sites (tertiary alicyclic amines) is 2. The van der Waals surface area contributed by atoms with Gasteiger partial charge in [-0.15, -0.1) is 0 Å². The van der Waals surface area contributed by atoms with Gasteiger partial charge in [0, 0.05) is 46.4 Å². The highest BCUT2D eigenvalue weighted by atomic mass is 16.5. The van der Waals surface area contributed by atoms with E-state index in [0.717, 1.165) is 19.1 Å². The summed E-state index contributed by atoms with van der Waals surface area (Å²) in [6, 6.07) is 0. The van der Waals surface area contributed by atoms with Crippen LogP contribution in [0.5, 0.6) is 0 Å². The lowest BCUT2D eigenvalue weighted by molar-refractivity contribution is -0.0673. The van der Waals surface area contributed by atoms with E-state index >= 15 is 0 Å². The lowest BCUT2D eigenvalue weighted by Crippen LogP contribution is -2.44. The van der Waals surface area contributed by atoms with Crippen LogP contribution in [0.1, 0.15) is 66.2 Å². The van der Waals surface area contributed by atoms with Gasteiger partial charge in [0.1, 0.15) is 0 Å². The summed E-state index contributed by atoms with van der Waals surface area (Å²) in [7, 11) is 1.79. The molecule has 0 saturated carbocycles. The number of nitrogens with one attached hydrogen (secondary N) is 1. The molecule has 0 bridgehead atoms. The van der Waals surface area contributed by atoms with Gasteiger partial charge in [0.05, 0.1) is 18.8 Å². The molecular weight excluding hydrogens is 350 g/mol. The second-order valence-corrected chi connectivity index (χ2v) is 7.86. The van der Waals surface area contributed by atoms with Gasteiger partial charge in [0.15, 0.2) is 0 Å². The molecule has 3 saturated heterocycles. The predicted molar refractivity (Wildman–Crippen MR) is 120 cm³/mol. The van der Waals surface area contributed by atoms with Crippen molar-refractivity contribution >= 4 is 0 Å². The Morgan fingerprint density at radius 3 is 1.75 bits per heavy atom. The first kappa shape index (κ1) is 25.8. The van der Waals surface area contributed by atoms with E-state index in [0.29, 0.717) is 12.2 Å². The summed E-state index contributed by atoms with van der Waals surface area (Å²) in [6.07, 6.45) is 8.56. The summed E-state index contributed by atoms with van der Waals surface area (Å²) >= 11 is 0. The zero-order valence-electron chi connectivity index (χ0n) is 19.5. The van der Waals surface area contributed by atoms with Gasteiger partial charge in [-0.3, -0.25) is 0 Å². The molecule has 3 heterocycles. The molecule has 3 aliphatic rings. The number of methoxy groups -OCH3 is 1. The SMILES string of the molecule is CC.CC.COCCN1CCC(OC2CCN(CC3CCNCC3)CC2)CC1. The maximum Gasteiger partial charge on any atom is 0.0603 e. The second-order valence-electron chi connectivity index (χ2n) is 7.86. The maximum atomic E-state index is 6.43. The van der Waals surface area contributed by atoms with Crippen LogP contribution in [0.3, 0.4) is 0 Å². The van der Waals surface area contributed by atoms with Crippen LogP contribution in [0, 0.1) is 5.92 Å². The monoisotopic (exact) mass is 399 g/mol. The number of rotatable bonds is 7. The molecule has 0 aliphatic carbocycles. The largest absolute Gasteiger partial charge is 0.383 e. The highest BCUT2D eigenvalue weighted by molar-refractivity contribution is 4.80. The van der Waals surface area contributed by atoms with E-state index in [1.807, 2.05) is 27.7 Å². The zero-order chi connectivity index (χ0) is 20.6. The summed E-state index contributed by atoms with van der Waals surface area (Å²) in [5.41, 5.74) is 0. The Kier molecular flexibility index (Phi) is 15.3. The fraction of sp³-hybridized carbons (Fsp3) is 1.00. The molecule has 5 heteroatoms. The van der Waals surface area contributed by atoms with Gasteiger partial charge in [-0.05, 0) is 57.5 Å². The van der Waals surface area contributed by atoms with Crippen molar-refractivity contribution in [1.29, 1.82) is 0 Å². The van der Waals surface area contributed by atoms with Gasteiger partial charge in [-0.2, -0.15) is 0 Å². The van der Waals surface area contributed by atoms with Crippen molar-refractivity contribution in [2.24, 2.45) is 5.92 Å². The summed E-state index contributed by atoms with van der Waals surface area (Å²) in [5, 5.41) is 3.47. The number of ether oxygens (including phenoxy) is 2. The van der Waals surface area contributed by atoms with Gasteiger partial charge >= 0.3 is 0 Å². The molecule has 0 radical (unpaired) electrons. The second kappa shape index (κ2) is 16.6. The van der Waals surface area contributed by atoms with Gasteiger partial charge in [-0.25, -0.2) is 0 Å². The molecule has 5 nitrogen and oxygen atoms in total. The number of piperidine rings is 3. The van der Waals surface area contributed by atoms with Crippen molar-refractivity contribution in [1.82, 2.24) is 15.1 Å². The molecule has 0 amide bonds. The van der Waals surface area contributed by atoms with Crippen LogP contribution < -0.4 is 5.32 Å².